The van der Waals surface area contributed by atoms with Crippen LogP contribution in [0.1, 0.15) is 87.9 Å². The Morgan fingerprint density at radius 3 is 2.16 bits per heavy atom. The number of nitrogens with one attached hydrogen (secondary N) is 2. The molecule has 0 spiro atoms. The van der Waals surface area contributed by atoms with Crippen LogP contribution in [0.3, 0.4) is 0 Å². The van der Waals surface area contributed by atoms with Gasteiger partial charge in [-0.05, 0) is 31.4 Å². The highest BCUT2D eigenvalue weighted by Crippen LogP contribution is 2.22. The van der Waals surface area contributed by atoms with Gasteiger partial charge in [0.05, 0.1) is 30.9 Å². The highest BCUT2D eigenvalue weighted by atomic mass is 19.1. The van der Waals surface area contributed by atoms with Gasteiger partial charge in [0.2, 0.25) is 5.91 Å². The largest absolute Gasteiger partial charge is 0.394 e. The monoisotopic (exact) mass is 630 g/mol. The molecule has 8 N–H and O–H groups in total. The summed E-state index contributed by atoms with van der Waals surface area (Å²) in [6, 6.07) is 4.87. The predicted molar refractivity (Wildman–Crippen MR) is 159 cm³/mol. The highest BCUT2D eigenvalue weighted by Gasteiger charge is 2.44. The van der Waals surface area contributed by atoms with E-state index in [-0.39, 0.29) is 30.9 Å². The minimum atomic E-state index is -1.63. The number of aliphatic hydroxyl groups is 6. The molecule has 1 fully saturated rings. The fraction of sp³-hybridized carbons (Fsp3) is 0.742. The maximum Gasteiger partial charge on any atom is 0.254 e. The summed E-state index contributed by atoms with van der Waals surface area (Å²) in [6.45, 7) is 1.19. The van der Waals surface area contributed by atoms with E-state index in [1.807, 2.05) is 0 Å². The number of amides is 2. The van der Waals surface area contributed by atoms with Crippen molar-refractivity contribution in [3.05, 3.63) is 35.6 Å². The van der Waals surface area contributed by atoms with Crippen molar-refractivity contribution in [2.45, 2.75) is 127 Å². The van der Waals surface area contributed by atoms with Gasteiger partial charge < -0.3 is 50.7 Å². The van der Waals surface area contributed by atoms with Gasteiger partial charge in [0, 0.05) is 13.0 Å². The van der Waals surface area contributed by atoms with E-state index < -0.39 is 67.3 Å². The number of rotatable bonds is 21. The number of halogens is 1. The zero-order valence-electron chi connectivity index (χ0n) is 25.5. The van der Waals surface area contributed by atoms with Crippen molar-refractivity contribution in [2.75, 3.05) is 19.8 Å². The fourth-order valence-corrected chi connectivity index (χ4v) is 5.01. The van der Waals surface area contributed by atoms with Gasteiger partial charge in [-0.15, -0.1) is 0 Å². The van der Waals surface area contributed by atoms with Crippen LogP contribution in [0.4, 0.5) is 4.39 Å². The van der Waals surface area contributed by atoms with Crippen molar-refractivity contribution in [3.63, 3.8) is 0 Å². The van der Waals surface area contributed by atoms with Crippen LogP contribution in [-0.4, -0.2) is 111 Å². The van der Waals surface area contributed by atoms with Gasteiger partial charge in [-0.2, -0.15) is 0 Å². The summed E-state index contributed by atoms with van der Waals surface area (Å²) >= 11 is 0. The molecule has 0 saturated carbocycles. The summed E-state index contributed by atoms with van der Waals surface area (Å²) < 4.78 is 24.4. The van der Waals surface area contributed by atoms with Crippen LogP contribution >= 0.6 is 0 Å². The number of unbranched alkanes of at least 4 members (excludes halogenated alkanes) is 8. The summed E-state index contributed by atoms with van der Waals surface area (Å²) in [5.74, 6) is -1.26. The lowest BCUT2D eigenvalue weighted by Crippen LogP contribution is -2.60. The first-order valence-electron chi connectivity index (χ1n) is 15.7. The molecule has 2 rings (SSSR count). The van der Waals surface area contributed by atoms with E-state index in [1.54, 1.807) is 19.1 Å². The van der Waals surface area contributed by atoms with Gasteiger partial charge in [0.15, 0.2) is 6.29 Å². The smallest absolute Gasteiger partial charge is 0.254 e. The van der Waals surface area contributed by atoms with Gasteiger partial charge in [0.25, 0.3) is 5.91 Å². The average Bonchev–Trinajstić information content (AvgIpc) is 3.02. The maximum absolute atomic E-state index is 13.6. The number of ether oxygens (including phenoxy) is 2. The minimum Gasteiger partial charge on any atom is -0.394 e. The van der Waals surface area contributed by atoms with Crippen molar-refractivity contribution in [3.8, 4) is 0 Å². The normalized spacial score (nSPS) is 24.0. The third-order valence-corrected chi connectivity index (χ3v) is 7.84. The summed E-state index contributed by atoms with van der Waals surface area (Å²) in [5, 5.41) is 65.5. The lowest BCUT2D eigenvalue weighted by atomic mass is 9.99. The fourth-order valence-electron chi connectivity index (χ4n) is 5.01. The Labute approximate surface area is 258 Å². The van der Waals surface area contributed by atoms with E-state index in [4.69, 9.17) is 9.47 Å². The molecule has 1 aromatic carbocycles. The molecule has 1 aliphatic rings. The molecule has 0 radical (unpaired) electrons. The number of hydrogen-bond donors (Lipinski definition) is 8. The quantitative estimate of drug-likeness (QED) is 0.0903. The third-order valence-electron chi connectivity index (χ3n) is 7.84. The van der Waals surface area contributed by atoms with Gasteiger partial charge in [-0.1, -0.05) is 64.0 Å². The number of aliphatic hydroxyl groups excluding tert-OH is 6. The van der Waals surface area contributed by atoms with Crippen molar-refractivity contribution < 1.29 is 54.1 Å². The van der Waals surface area contributed by atoms with Crippen LogP contribution in [0.25, 0.3) is 0 Å². The molecule has 1 aromatic rings. The molecule has 252 valence electrons. The highest BCUT2D eigenvalue weighted by molar-refractivity contribution is 5.94. The molecule has 12 nitrogen and oxygen atoms in total. The second kappa shape index (κ2) is 20.7. The van der Waals surface area contributed by atoms with Crippen molar-refractivity contribution in [2.24, 2.45) is 0 Å². The van der Waals surface area contributed by atoms with Crippen LogP contribution < -0.4 is 10.6 Å². The second-order valence-electron chi connectivity index (χ2n) is 11.3. The van der Waals surface area contributed by atoms with Crippen LogP contribution in [0.5, 0.6) is 0 Å². The lowest BCUT2D eigenvalue weighted by Gasteiger charge is -2.40. The second-order valence-corrected chi connectivity index (χ2v) is 11.3. The maximum atomic E-state index is 13.6. The molecule has 2 amide bonds. The number of hydrogen-bond acceptors (Lipinski definition) is 10. The molecule has 1 aliphatic heterocycles. The standard InChI is InChI=1S/C31H51FN2O10/c1-2-23(36)26(38)22(19-43-31-29(41)28(40)27(39)24(18-35)44-31)34-25(37)16-10-8-6-4-3-5-7-9-13-17-33-30(42)20-14-11-12-15-21(20)32/h11-12,14-15,22-24,26-29,31,35-36,38-41H,2-10,13,16-19H2,1H3,(H,33,42)(H,34,37)/t22-,23+,24?,26-,27-,28?,29?,31-/m0/s1. The van der Waals surface area contributed by atoms with E-state index in [1.165, 1.54) is 12.1 Å². The number of carbonyl (C=O) groups is 2. The Morgan fingerprint density at radius 1 is 0.932 bits per heavy atom. The van der Waals surface area contributed by atoms with Crippen LogP contribution in [0.2, 0.25) is 0 Å². The van der Waals surface area contributed by atoms with E-state index in [0.29, 0.717) is 13.0 Å². The van der Waals surface area contributed by atoms with Crippen molar-refractivity contribution >= 4 is 11.8 Å². The molecule has 1 heterocycles. The van der Waals surface area contributed by atoms with Gasteiger partial charge in [0.1, 0.15) is 36.3 Å². The molecule has 8 atom stereocenters. The Hall–Kier alpha value is -2.23. The molecule has 13 heteroatoms. The lowest BCUT2D eigenvalue weighted by molar-refractivity contribution is -0.303. The van der Waals surface area contributed by atoms with Gasteiger partial charge in [-0.25, -0.2) is 4.39 Å². The molecule has 44 heavy (non-hydrogen) atoms. The Balaban J connectivity index is 1.59. The summed E-state index contributed by atoms with van der Waals surface area (Å²) in [5.41, 5.74) is 0.0542. The van der Waals surface area contributed by atoms with E-state index >= 15 is 0 Å². The van der Waals surface area contributed by atoms with Crippen LogP contribution in [-0.2, 0) is 14.3 Å². The van der Waals surface area contributed by atoms with Crippen LogP contribution in [0.15, 0.2) is 24.3 Å². The topological polar surface area (TPSA) is 198 Å². The SMILES string of the molecule is CC[C@@H](O)[C@@H](O)[C@H](CO[C@H]1OC(CO)[C@H](O)C(O)C1O)NC(=O)CCCCCCCCCCCNC(=O)c1ccccc1F. The van der Waals surface area contributed by atoms with Gasteiger partial charge in [-0.3, -0.25) is 9.59 Å². The average molecular weight is 631 g/mol. The molecular formula is C31H51FN2O10. The molecule has 0 aliphatic carbocycles. The molecule has 0 bridgehead atoms. The summed E-state index contributed by atoms with van der Waals surface area (Å²) in [6.07, 6.45) is -1.02. The Kier molecular flexibility index (Phi) is 17.9. The number of carbonyl (C=O) groups excluding carboxylic acids is 2. The predicted octanol–water partition coefficient (Wildman–Crippen LogP) is 0.890. The molecule has 0 aromatic heterocycles. The van der Waals surface area contributed by atoms with E-state index in [2.05, 4.69) is 10.6 Å². The molecule has 3 unspecified atom stereocenters. The van der Waals surface area contributed by atoms with E-state index in [9.17, 15) is 44.6 Å². The zero-order valence-corrected chi connectivity index (χ0v) is 25.5. The first-order valence-corrected chi connectivity index (χ1v) is 15.7. The zero-order chi connectivity index (χ0) is 32.5. The first-order chi connectivity index (χ1) is 21.1. The third kappa shape index (κ3) is 12.6. The van der Waals surface area contributed by atoms with E-state index in [0.717, 1.165) is 51.4 Å². The first kappa shape index (κ1) is 38.0. The van der Waals surface area contributed by atoms with Crippen LogP contribution in [0, 0.1) is 5.82 Å². The Bertz CT molecular complexity index is 971. The Morgan fingerprint density at radius 2 is 1.55 bits per heavy atom. The van der Waals surface area contributed by atoms with Gasteiger partial charge >= 0.3 is 0 Å². The minimum absolute atomic E-state index is 0.0542. The summed E-state index contributed by atoms with van der Waals surface area (Å²) in [7, 11) is 0. The van der Waals surface area contributed by atoms with Crippen molar-refractivity contribution in [1.82, 2.24) is 10.6 Å². The molecule has 1 saturated heterocycles. The summed E-state index contributed by atoms with van der Waals surface area (Å²) in [4.78, 5) is 24.6. The van der Waals surface area contributed by atoms with Crippen molar-refractivity contribution in [1.29, 1.82) is 0 Å². The number of benzene rings is 1. The molecular weight excluding hydrogens is 579 g/mol.